The zero-order chi connectivity index (χ0) is 20.6. The predicted molar refractivity (Wildman–Crippen MR) is 119 cm³/mol. The molecule has 5 nitrogen and oxygen atoms in total. The molecule has 0 aliphatic carbocycles. The van der Waals surface area contributed by atoms with Crippen LogP contribution in [0.3, 0.4) is 0 Å². The highest BCUT2D eigenvalue weighted by Crippen LogP contribution is 2.21. The molecular weight excluding hydrogens is 376 g/mol. The van der Waals surface area contributed by atoms with Crippen LogP contribution in [-0.2, 0) is 6.61 Å². The van der Waals surface area contributed by atoms with Crippen molar-refractivity contribution in [3.63, 3.8) is 0 Å². The zero-order valence-electron chi connectivity index (χ0n) is 16.6. The van der Waals surface area contributed by atoms with Crippen molar-refractivity contribution in [2.45, 2.75) is 13.0 Å². The number of fused-ring (bicyclic) bond motifs is 1. The van der Waals surface area contributed by atoms with Crippen LogP contribution in [0.2, 0.25) is 0 Å². The lowest BCUT2D eigenvalue weighted by Gasteiger charge is -2.07. The molecule has 0 bridgehead atoms. The molecule has 2 N–H and O–H groups in total. The van der Waals surface area contributed by atoms with Gasteiger partial charge in [-0.3, -0.25) is 4.79 Å². The standard InChI is InChI=1S/C25H24N2O3/c28-25(27-16-6-15-26-21-9-2-1-3-10-21)24-14-13-23(30-24)18-29-22-12-11-19-7-4-5-8-20(19)17-22/h1-5,7-14,17,26H,6,15-16,18H2,(H,27,28). The largest absolute Gasteiger partial charge is 0.486 e. The van der Waals surface area contributed by atoms with Crippen molar-refractivity contribution in [1.82, 2.24) is 5.32 Å². The van der Waals surface area contributed by atoms with Gasteiger partial charge in [-0.15, -0.1) is 0 Å². The van der Waals surface area contributed by atoms with Crippen molar-refractivity contribution in [2.75, 3.05) is 18.4 Å². The maximum atomic E-state index is 12.2. The molecule has 0 unspecified atom stereocenters. The predicted octanol–water partition coefficient (Wildman–Crippen LogP) is 5.24. The van der Waals surface area contributed by atoms with Gasteiger partial charge >= 0.3 is 0 Å². The molecule has 0 saturated carbocycles. The molecule has 5 heteroatoms. The summed E-state index contributed by atoms with van der Waals surface area (Å²) in [5, 5.41) is 8.48. The Kier molecular flexibility index (Phi) is 6.30. The second-order valence-corrected chi connectivity index (χ2v) is 6.97. The summed E-state index contributed by atoms with van der Waals surface area (Å²) in [7, 11) is 0. The van der Waals surface area contributed by atoms with Gasteiger partial charge in [0.15, 0.2) is 5.76 Å². The molecule has 0 aliphatic heterocycles. The van der Waals surface area contributed by atoms with E-state index in [1.54, 1.807) is 12.1 Å². The minimum Gasteiger partial charge on any atom is -0.486 e. The van der Waals surface area contributed by atoms with Crippen molar-refractivity contribution in [3.8, 4) is 5.75 Å². The van der Waals surface area contributed by atoms with E-state index >= 15 is 0 Å². The van der Waals surface area contributed by atoms with Gasteiger partial charge in [0.2, 0.25) is 0 Å². The monoisotopic (exact) mass is 400 g/mol. The topological polar surface area (TPSA) is 63.5 Å². The normalized spacial score (nSPS) is 10.7. The van der Waals surface area contributed by atoms with E-state index in [9.17, 15) is 4.79 Å². The van der Waals surface area contributed by atoms with Crippen LogP contribution in [0.25, 0.3) is 10.8 Å². The van der Waals surface area contributed by atoms with E-state index in [-0.39, 0.29) is 12.5 Å². The molecule has 0 fully saturated rings. The fourth-order valence-corrected chi connectivity index (χ4v) is 3.16. The smallest absolute Gasteiger partial charge is 0.286 e. The summed E-state index contributed by atoms with van der Waals surface area (Å²) in [4.78, 5) is 12.2. The minimum absolute atomic E-state index is 0.216. The number of nitrogens with one attached hydrogen (secondary N) is 2. The molecular formula is C25H24N2O3. The van der Waals surface area contributed by atoms with Crippen molar-refractivity contribution in [2.24, 2.45) is 0 Å². The summed E-state index contributed by atoms with van der Waals surface area (Å²) in [6.45, 7) is 1.63. The molecule has 4 aromatic rings. The van der Waals surface area contributed by atoms with Crippen LogP contribution < -0.4 is 15.4 Å². The third kappa shape index (κ3) is 5.20. The number of hydrogen-bond acceptors (Lipinski definition) is 4. The Balaban J connectivity index is 1.21. The van der Waals surface area contributed by atoms with Crippen LogP contribution in [-0.4, -0.2) is 19.0 Å². The van der Waals surface area contributed by atoms with E-state index < -0.39 is 0 Å². The molecule has 0 atom stereocenters. The van der Waals surface area contributed by atoms with Crippen LogP contribution in [0.4, 0.5) is 5.69 Å². The average Bonchev–Trinajstić information content (AvgIpc) is 3.27. The Bertz CT molecular complexity index is 1110. The summed E-state index contributed by atoms with van der Waals surface area (Å²) in [5.74, 6) is 1.45. The summed E-state index contributed by atoms with van der Waals surface area (Å²) in [6.07, 6.45) is 0.819. The first-order valence-corrected chi connectivity index (χ1v) is 10.1. The molecule has 30 heavy (non-hydrogen) atoms. The Morgan fingerprint density at radius 2 is 1.63 bits per heavy atom. The molecule has 1 amide bonds. The number of furan rings is 1. The van der Waals surface area contributed by atoms with E-state index in [0.29, 0.717) is 18.1 Å². The first kappa shape index (κ1) is 19.6. The maximum absolute atomic E-state index is 12.2. The molecule has 1 aromatic heterocycles. The Labute approximate surface area is 175 Å². The molecule has 0 spiro atoms. The molecule has 0 saturated heterocycles. The summed E-state index contributed by atoms with van der Waals surface area (Å²) in [6, 6.07) is 27.5. The first-order chi connectivity index (χ1) is 14.8. The van der Waals surface area contributed by atoms with Crippen molar-refractivity contribution in [3.05, 3.63) is 96.4 Å². The number of benzene rings is 3. The number of anilines is 1. The van der Waals surface area contributed by atoms with Crippen molar-refractivity contribution < 1.29 is 13.9 Å². The first-order valence-electron chi connectivity index (χ1n) is 10.1. The van der Waals surface area contributed by atoms with Gasteiger partial charge in [0.05, 0.1) is 0 Å². The second-order valence-electron chi connectivity index (χ2n) is 6.97. The molecule has 1 heterocycles. The van der Waals surface area contributed by atoms with Crippen LogP contribution in [0.15, 0.2) is 89.3 Å². The van der Waals surface area contributed by atoms with Gasteiger partial charge in [-0.25, -0.2) is 0 Å². The van der Waals surface area contributed by atoms with Gasteiger partial charge in [0, 0.05) is 18.8 Å². The minimum atomic E-state index is -0.216. The van der Waals surface area contributed by atoms with Crippen LogP contribution in [0, 0.1) is 0 Å². The summed E-state index contributed by atoms with van der Waals surface area (Å²) in [5.41, 5.74) is 1.07. The molecule has 3 aromatic carbocycles. The Morgan fingerprint density at radius 1 is 0.833 bits per heavy atom. The van der Waals surface area contributed by atoms with Gasteiger partial charge < -0.3 is 19.8 Å². The van der Waals surface area contributed by atoms with Crippen LogP contribution >= 0.6 is 0 Å². The number of carbonyl (C=O) groups excluding carboxylic acids is 1. The quantitative estimate of drug-likeness (QED) is 0.377. The lowest BCUT2D eigenvalue weighted by molar-refractivity contribution is 0.0922. The molecule has 152 valence electrons. The second kappa shape index (κ2) is 9.65. The number of para-hydroxylation sites is 1. The number of amides is 1. The highest BCUT2D eigenvalue weighted by atomic mass is 16.5. The van der Waals surface area contributed by atoms with Gasteiger partial charge in [-0.1, -0.05) is 48.5 Å². The molecule has 0 radical (unpaired) electrons. The van der Waals surface area contributed by atoms with Gasteiger partial charge in [0.25, 0.3) is 5.91 Å². The van der Waals surface area contributed by atoms with E-state index in [0.717, 1.165) is 29.8 Å². The Morgan fingerprint density at radius 3 is 2.50 bits per heavy atom. The lowest BCUT2D eigenvalue weighted by Crippen LogP contribution is -2.25. The lowest BCUT2D eigenvalue weighted by atomic mass is 10.1. The van der Waals surface area contributed by atoms with Gasteiger partial charge in [0.1, 0.15) is 18.1 Å². The third-order valence-corrected chi connectivity index (χ3v) is 4.73. The Hall–Kier alpha value is -3.73. The maximum Gasteiger partial charge on any atom is 0.286 e. The number of carbonyl (C=O) groups is 1. The van der Waals surface area contributed by atoms with E-state index in [2.05, 4.69) is 16.7 Å². The van der Waals surface area contributed by atoms with Gasteiger partial charge in [-0.05, 0) is 53.6 Å². The zero-order valence-corrected chi connectivity index (χ0v) is 16.6. The van der Waals surface area contributed by atoms with Crippen molar-refractivity contribution >= 4 is 22.4 Å². The van der Waals surface area contributed by atoms with Crippen LogP contribution in [0.1, 0.15) is 22.7 Å². The number of hydrogen-bond donors (Lipinski definition) is 2. The van der Waals surface area contributed by atoms with Crippen LogP contribution in [0.5, 0.6) is 5.75 Å². The fraction of sp³-hybridized carbons (Fsp3) is 0.160. The highest BCUT2D eigenvalue weighted by Gasteiger charge is 2.11. The third-order valence-electron chi connectivity index (χ3n) is 4.73. The van der Waals surface area contributed by atoms with E-state index in [4.69, 9.17) is 9.15 Å². The molecule has 0 aliphatic rings. The number of rotatable bonds is 9. The number of ether oxygens (including phenoxy) is 1. The average molecular weight is 400 g/mol. The fourth-order valence-electron chi connectivity index (χ4n) is 3.16. The summed E-state index contributed by atoms with van der Waals surface area (Å²) >= 11 is 0. The highest BCUT2D eigenvalue weighted by molar-refractivity contribution is 5.91. The summed E-state index contributed by atoms with van der Waals surface area (Å²) < 4.78 is 11.4. The van der Waals surface area contributed by atoms with Crippen molar-refractivity contribution in [1.29, 1.82) is 0 Å². The van der Waals surface area contributed by atoms with E-state index in [1.807, 2.05) is 66.7 Å². The van der Waals surface area contributed by atoms with Gasteiger partial charge in [-0.2, -0.15) is 0 Å². The SMILES string of the molecule is O=C(NCCCNc1ccccc1)c1ccc(COc2ccc3ccccc3c2)o1. The van der Waals surface area contributed by atoms with E-state index in [1.165, 1.54) is 5.39 Å². The molecule has 4 rings (SSSR count).